The number of aromatic nitrogens is 1. The van der Waals surface area contributed by atoms with Crippen molar-refractivity contribution >= 4 is 28.3 Å². The number of nitrogens with one attached hydrogen (secondary N) is 1. The van der Waals surface area contributed by atoms with Gasteiger partial charge in [-0.2, -0.15) is 0 Å². The summed E-state index contributed by atoms with van der Waals surface area (Å²) in [6.45, 7) is 2.17. The molecule has 5 nitrogen and oxygen atoms in total. The van der Waals surface area contributed by atoms with E-state index in [-0.39, 0.29) is 18.3 Å². The molecule has 1 heterocycles. The highest BCUT2D eigenvalue weighted by Crippen LogP contribution is 2.49. The highest BCUT2D eigenvalue weighted by Gasteiger charge is 2.24. The summed E-state index contributed by atoms with van der Waals surface area (Å²) in [5.74, 6) is -0.490. The van der Waals surface area contributed by atoms with Crippen LogP contribution >= 0.6 is 0 Å². The first-order chi connectivity index (χ1) is 15.7. The second-order valence-electron chi connectivity index (χ2n) is 7.70. The number of pyridine rings is 1. The number of ether oxygens (including phenoxy) is 1. The van der Waals surface area contributed by atoms with Gasteiger partial charge in [0.1, 0.15) is 5.69 Å². The Morgan fingerprint density at radius 2 is 1.56 bits per heavy atom. The number of rotatable bonds is 6. The van der Waals surface area contributed by atoms with E-state index in [1.54, 1.807) is 31.3 Å². The van der Waals surface area contributed by atoms with Gasteiger partial charge in [-0.3, -0.25) is 14.6 Å². The lowest BCUT2D eigenvalue weighted by Gasteiger charge is -2.15. The third-order valence-electron chi connectivity index (χ3n) is 5.80. The number of amides is 1. The smallest absolute Gasteiger partial charge is 0.306 e. The third kappa shape index (κ3) is 3.42. The van der Waals surface area contributed by atoms with Gasteiger partial charge in [0.25, 0.3) is 5.91 Å². The van der Waals surface area contributed by atoms with Gasteiger partial charge in [-0.25, -0.2) is 0 Å². The molecule has 158 valence electrons. The van der Waals surface area contributed by atoms with Gasteiger partial charge >= 0.3 is 5.97 Å². The van der Waals surface area contributed by atoms with Crippen LogP contribution in [0.25, 0.3) is 33.0 Å². The summed E-state index contributed by atoms with van der Waals surface area (Å²) in [6, 6.07) is 21.7. The highest BCUT2D eigenvalue weighted by atomic mass is 16.5. The van der Waals surface area contributed by atoms with Crippen molar-refractivity contribution in [3.8, 4) is 22.3 Å². The fourth-order valence-electron chi connectivity index (χ4n) is 4.43. The van der Waals surface area contributed by atoms with Crippen LogP contribution in [0.2, 0.25) is 0 Å². The average molecular weight is 422 g/mol. The molecule has 4 aromatic rings. The largest absolute Gasteiger partial charge is 0.466 e. The topological polar surface area (TPSA) is 68.3 Å². The summed E-state index contributed by atoms with van der Waals surface area (Å²) < 4.78 is 5.12. The molecule has 0 unspecified atom stereocenters. The van der Waals surface area contributed by atoms with Crippen molar-refractivity contribution in [3.05, 3.63) is 84.2 Å². The Kier molecular flexibility index (Phi) is 5.15. The summed E-state index contributed by atoms with van der Waals surface area (Å²) in [5.41, 5.74) is 6.71. The number of hydrogen-bond donors (Lipinski definition) is 1. The van der Waals surface area contributed by atoms with Crippen LogP contribution in [0, 0.1) is 0 Å². The Balaban J connectivity index is 1.63. The van der Waals surface area contributed by atoms with Crippen LogP contribution < -0.4 is 5.32 Å². The van der Waals surface area contributed by atoms with Crippen molar-refractivity contribution in [2.75, 3.05) is 11.9 Å². The zero-order valence-corrected chi connectivity index (χ0v) is 17.7. The summed E-state index contributed by atoms with van der Waals surface area (Å²) in [5, 5.41) is 5.11. The van der Waals surface area contributed by atoms with Crippen LogP contribution in [0.15, 0.2) is 72.9 Å². The summed E-state index contributed by atoms with van der Waals surface area (Å²) in [4.78, 5) is 29.1. The van der Waals surface area contributed by atoms with Crippen LogP contribution in [0.5, 0.6) is 0 Å². The van der Waals surface area contributed by atoms with Crippen molar-refractivity contribution in [2.24, 2.45) is 0 Å². The van der Waals surface area contributed by atoms with Crippen LogP contribution in [0.3, 0.4) is 0 Å². The minimum Gasteiger partial charge on any atom is -0.466 e. The average Bonchev–Trinajstić information content (AvgIpc) is 3.15. The van der Waals surface area contributed by atoms with E-state index in [9.17, 15) is 9.59 Å². The first kappa shape index (κ1) is 19.9. The maximum atomic E-state index is 12.9. The highest BCUT2D eigenvalue weighted by molar-refractivity contribution is 6.21. The molecule has 3 aromatic carbocycles. The number of carbonyl (C=O) groups is 2. The van der Waals surface area contributed by atoms with E-state index in [1.807, 2.05) is 18.2 Å². The first-order valence-electron chi connectivity index (χ1n) is 10.7. The van der Waals surface area contributed by atoms with Crippen molar-refractivity contribution in [2.45, 2.75) is 19.8 Å². The number of esters is 1. The van der Waals surface area contributed by atoms with Crippen molar-refractivity contribution < 1.29 is 14.3 Å². The molecule has 1 aromatic heterocycles. The Labute approximate surface area is 186 Å². The predicted octanol–water partition coefficient (Wildman–Crippen LogP) is 5.63. The van der Waals surface area contributed by atoms with Gasteiger partial charge in [-0.1, -0.05) is 48.5 Å². The Hall–Kier alpha value is -3.99. The molecule has 0 spiro atoms. The van der Waals surface area contributed by atoms with Gasteiger partial charge < -0.3 is 10.1 Å². The van der Waals surface area contributed by atoms with Gasteiger partial charge in [-0.05, 0) is 64.7 Å². The minimum absolute atomic E-state index is 0.224. The molecule has 0 aliphatic heterocycles. The van der Waals surface area contributed by atoms with Crippen molar-refractivity contribution in [3.63, 3.8) is 0 Å². The maximum Gasteiger partial charge on any atom is 0.306 e. The van der Waals surface area contributed by atoms with Gasteiger partial charge in [0.05, 0.1) is 6.61 Å². The lowest BCUT2D eigenvalue weighted by Crippen LogP contribution is -2.14. The van der Waals surface area contributed by atoms with Crippen LogP contribution in [0.4, 0.5) is 5.69 Å². The normalized spacial score (nSPS) is 11.3. The summed E-state index contributed by atoms with van der Waals surface area (Å²) >= 11 is 0. The quantitative estimate of drug-likeness (QED) is 0.360. The summed E-state index contributed by atoms with van der Waals surface area (Å²) in [7, 11) is 0. The second-order valence-corrected chi connectivity index (χ2v) is 7.70. The van der Waals surface area contributed by atoms with E-state index in [2.05, 4.69) is 40.6 Å². The number of hydrogen-bond acceptors (Lipinski definition) is 4. The zero-order valence-electron chi connectivity index (χ0n) is 17.7. The van der Waals surface area contributed by atoms with Gasteiger partial charge in [-0.15, -0.1) is 0 Å². The van der Waals surface area contributed by atoms with Crippen LogP contribution in [0.1, 0.15) is 29.4 Å². The van der Waals surface area contributed by atoms with E-state index < -0.39 is 0 Å². The molecule has 0 radical (unpaired) electrons. The lowest BCUT2D eigenvalue weighted by molar-refractivity contribution is -0.143. The van der Waals surface area contributed by atoms with E-state index in [4.69, 9.17) is 4.74 Å². The zero-order chi connectivity index (χ0) is 22.1. The molecule has 5 rings (SSSR count). The molecular weight excluding hydrogens is 400 g/mol. The number of nitrogens with zero attached hydrogens (tertiary/aromatic N) is 1. The number of anilines is 1. The van der Waals surface area contributed by atoms with Gasteiger partial charge in [0, 0.05) is 23.7 Å². The molecule has 32 heavy (non-hydrogen) atoms. The Morgan fingerprint density at radius 3 is 2.25 bits per heavy atom. The Bertz CT molecular complexity index is 1320. The molecule has 0 saturated carbocycles. The molecule has 0 fully saturated rings. The van der Waals surface area contributed by atoms with E-state index in [1.165, 1.54) is 11.1 Å². The van der Waals surface area contributed by atoms with E-state index in [0.29, 0.717) is 24.4 Å². The second kappa shape index (κ2) is 8.27. The first-order valence-corrected chi connectivity index (χ1v) is 10.7. The number of benzene rings is 3. The van der Waals surface area contributed by atoms with Gasteiger partial charge in [0.2, 0.25) is 0 Å². The molecule has 1 N–H and O–H groups in total. The molecule has 0 bridgehead atoms. The van der Waals surface area contributed by atoms with E-state index >= 15 is 0 Å². The lowest BCUT2D eigenvalue weighted by atomic mass is 9.94. The number of aryl methyl sites for hydroxylation is 1. The fourth-order valence-corrected chi connectivity index (χ4v) is 4.43. The predicted molar refractivity (Wildman–Crippen MR) is 126 cm³/mol. The molecule has 0 saturated heterocycles. The molecule has 0 atom stereocenters. The molecular formula is C27H22N2O3. The van der Waals surface area contributed by atoms with Crippen molar-refractivity contribution in [1.82, 2.24) is 4.98 Å². The SMILES string of the molecule is CCOC(=O)CCc1ccc2c3c(ccc(NC(=O)c4ccccn4)c13)-c1ccccc1-2. The molecule has 1 aliphatic rings. The fraction of sp³-hybridized carbons (Fsp3) is 0.148. The number of carbonyl (C=O) groups excluding carboxylic acids is 2. The molecule has 1 aliphatic carbocycles. The van der Waals surface area contributed by atoms with E-state index in [0.717, 1.165) is 27.5 Å². The minimum atomic E-state index is -0.266. The number of fused-ring (bicyclic) bond motifs is 3. The Morgan fingerprint density at radius 1 is 0.844 bits per heavy atom. The van der Waals surface area contributed by atoms with Crippen LogP contribution in [-0.4, -0.2) is 23.5 Å². The van der Waals surface area contributed by atoms with Crippen LogP contribution in [-0.2, 0) is 16.0 Å². The van der Waals surface area contributed by atoms with Gasteiger partial charge in [0.15, 0.2) is 0 Å². The molecule has 5 heteroatoms. The van der Waals surface area contributed by atoms with Crippen molar-refractivity contribution in [1.29, 1.82) is 0 Å². The summed E-state index contributed by atoms with van der Waals surface area (Å²) in [6.07, 6.45) is 2.42. The maximum absolute atomic E-state index is 12.9. The molecule has 1 amide bonds. The monoisotopic (exact) mass is 422 g/mol. The third-order valence-corrected chi connectivity index (χ3v) is 5.80. The standard InChI is InChI=1S/C27H22N2O3/c1-2-32-24(30)15-11-17-10-12-20-18-7-3-4-8-19(18)21-13-14-22(25(17)26(20)21)29-27(31)23-9-5-6-16-28-23/h3-10,12-14,16H,2,11,15H2,1H3,(H,29,31).